The summed E-state index contributed by atoms with van der Waals surface area (Å²) in [5.41, 5.74) is 5.74. The Morgan fingerprint density at radius 3 is 2.76 bits per heavy atom. The van der Waals surface area contributed by atoms with Crippen molar-refractivity contribution >= 4 is 11.8 Å². The Hall–Kier alpha value is -2.39. The topological polar surface area (TPSA) is 75.4 Å². The van der Waals surface area contributed by atoms with Crippen molar-refractivity contribution in [2.45, 2.75) is 6.92 Å². The van der Waals surface area contributed by atoms with E-state index in [1.165, 1.54) is 17.0 Å². The van der Waals surface area contributed by atoms with Crippen LogP contribution in [0.25, 0.3) is 0 Å². The number of carbonyl (C=O) groups excluding carboxylic acids is 2. The normalized spacial score (nSPS) is 9.52. The van der Waals surface area contributed by atoms with E-state index in [1.54, 1.807) is 7.05 Å². The Balaban J connectivity index is 2.86. The molecule has 2 amide bonds. The third-order valence-corrected chi connectivity index (χ3v) is 2.85. The molecule has 1 rings (SSSR count). The van der Waals surface area contributed by atoms with Gasteiger partial charge >= 0.3 is 0 Å². The molecule has 5 nitrogen and oxygen atoms in total. The van der Waals surface area contributed by atoms with Gasteiger partial charge in [-0.1, -0.05) is 11.8 Å². The Morgan fingerprint density at radius 2 is 2.14 bits per heavy atom. The second kappa shape index (κ2) is 8.02. The number of nitrogens with zero attached hydrogens (tertiary/aromatic N) is 1. The lowest BCUT2D eigenvalue weighted by Gasteiger charge is -2.15. The molecule has 112 valence electrons. The predicted molar refractivity (Wildman–Crippen MR) is 78.0 cm³/mol. The van der Waals surface area contributed by atoms with E-state index in [9.17, 15) is 14.0 Å². The molecule has 0 aliphatic heterocycles. The Labute approximate surface area is 123 Å². The fraction of sp³-hybridized carbons (Fsp3) is 0.333. The highest BCUT2D eigenvalue weighted by molar-refractivity contribution is 5.98. The van der Waals surface area contributed by atoms with Gasteiger partial charge in [-0.25, -0.2) is 4.39 Å². The number of rotatable bonds is 4. The molecule has 0 unspecified atom stereocenters. The maximum absolute atomic E-state index is 13.3. The average Bonchev–Trinajstić information content (AvgIpc) is 2.50. The van der Waals surface area contributed by atoms with E-state index >= 15 is 0 Å². The van der Waals surface area contributed by atoms with E-state index in [-0.39, 0.29) is 24.6 Å². The predicted octanol–water partition coefficient (Wildman–Crippen LogP) is 0.344. The molecule has 1 aromatic rings. The lowest BCUT2D eigenvalue weighted by Crippen LogP contribution is -2.38. The number of nitrogens with two attached hydrogens (primary N) is 1. The van der Waals surface area contributed by atoms with Crippen molar-refractivity contribution in [1.82, 2.24) is 10.2 Å². The molecule has 21 heavy (non-hydrogen) atoms. The van der Waals surface area contributed by atoms with Crippen LogP contribution in [0.2, 0.25) is 0 Å². The molecule has 0 saturated carbocycles. The Morgan fingerprint density at radius 1 is 1.43 bits per heavy atom. The smallest absolute Gasteiger partial charge is 0.253 e. The number of nitrogens with one attached hydrogen (secondary N) is 1. The monoisotopic (exact) mass is 291 g/mol. The number of amides is 2. The highest BCUT2D eigenvalue weighted by Crippen LogP contribution is 2.10. The zero-order chi connectivity index (χ0) is 15.8. The first kappa shape index (κ1) is 16.7. The van der Waals surface area contributed by atoms with Gasteiger partial charge in [-0.15, -0.1) is 0 Å². The molecule has 0 aliphatic rings. The van der Waals surface area contributed by atoms with Gasteiger partial charge in [0.2, 0.25) is 5.91 Å². The Kier molecular flexibility index (Phi) is 6.37. The van der Waals surface area contributed by atoms with Crippen LogP contribution in [0.3, 0.4) is 0 Å². The standard InChI is InChI=1S/C15H18FN3O2/c1-3-19(2)14(20)10-18-15(21)13-9-12(16)7-6-11(13)5-4-8-17/h6-7,9H,3,8,10,17H2,1-2H3,(H,18,21). The first-order valence-electron chi connectivity index (χ1n) is 6.50. The van der Waals surface area contributed by atoms with Gasteiger partial charge in [-0.2, -0.15) is 0 Å². The molecule has 0 heterocycles. The molecular formula is C15H18FN3O2. The summed E-state index contributed by atoms with van der Waals surface area (Å²) in [6, 6.07) is 3.71. The van der Waals surface area contributed by atoms with Gasteiger partial charge in [-0.05, 0) is 25.1 Å². The Bertz CT molecular complexity index is 590. The van der Waals surface area contributed by atoms with Crippen molar-refractivity contribution in [2.24, 2.45) is 5.73 Å². The second-order valence-electron chi connectivity index (χ2n) is 4.29. The zero-order valence-corrected chi connectivity index (χ0v) is 12.1. The maximum atomic E-state index is 13.3. The van der Waals surface area contributed by atoms with Gasteiger partial charge in [0.25, 0.3) is 5.91 Å². The lowest BCUT2D eigenvalue weighted by atomic mass is 10.1. The van der Waals surface area contributed by atoms with Crippen molar-refractivity contribution < 1.29 is 14.0 Å². The fourth-order valence-corrected chi connectivity index (χ4v) is 1.52. The van der Waals surface area contributed by atoms with Crippen LogP contribution in [0.15, 0.2) is 18.2 Å². The number of carbonyl (C=O) groups is 2. The summed E-state index contributed by atoms with van der Waals surface area (Å²) >= 11 is 0. The third kappa shape index (κ3) is 4.89. The molecule has 0 aliphatic carbocycles. The molecule has 6 heteroatoms. The van der Waals surface area contributed by atoms with Crippen LogP contribution >= 0.6 is 0 Å². The summed E-state index contributed by atoms with van der Waals surface area (Å²) in [5, 5.41) is 2.46. The van der Waals surface area contributed by atoms with E-state index in [0.717, 1.165) is 6.07 Å². The largest absolute Gasteiger partial charge is 0.345 e. The molecule has 0 atom stereocenters. The number of benzene rings is 1. The van der Waals surface area contributed by atoms with Crippen LogP contribution < -0.4 is 11.1 Å². The highest BCUT2D eigenvalue weighted by Gasteiger charge is 2.14. The first-order chi connectivity index (χ1) is 9.99. The van der Waals surface area contributed by atoms with Gasteiger partial charge in [0, 0.05) is 19.2 Å². The minimum atomic E-state index is -0.548. The molecule has 1 aromatic carbocycles. The minimum absolute atomic E-state index is 0.0860. The van der Waals surface area contributed by atoms with Crippen LogP contribution in [0.5, 0.6) is 0 Å². The van der Waals surface area contributed by atoms with Gasteiger partial charge in [-0.3, -0.25) is 9.59 Å². The minimum Gasteiger partial charge on any atom is -0.345 e. The molecule has 0 radical (unpaired) electrons. The van der Waals surface area contributed by atoms with Gasteiger partial charge in [0.05, 0.1) is 18.7 Å². The van der Waals surface area contributed by atoms with E-state index < -0.39 is 11.7 Å². The zero-order valence-electron chi connectivity index (χ0n) is 12.1. The quantitative estimate of drug-likeness (QED) is 0.786. The van der Waals surface area contributed by atoms with Crippen molar-refractivity contribution in [2.75, 3.05) is 26.7 Å². The summed E-state index contributed by atoms with van der Waals surface area (Å²) in [5.74, 6) is 4.00. The summed E-state index contributed by atoms with van der Waals surface area (Å²) in [4.78, 5) is 25.1. The van der Waals surface area contributed by atoms with E-state index in [2.05, 4.69) is 17.2 Å². The van der Waals surface area contributed by atoms with Crippen molar-refractivity contribution in [1.29, 1.82) is 0 Å². The van der Waals surface area contributed by atoms with Crippen molar-refractivity contribution in [3.63, 3.8) is 0 Å². The number of halogens is 1. The van der Waals surface area contributed by atoms with Crippen molar-refractivity contribution in [3.05, 3.63) is 35.1 Å². The molecule has 0 bridgehead atoms. The first-order valence-corrected chi connectivity index (χ1v) is 6.50. The summed E-state index contributed by atoms with van der Waals surface area (Å²) < 4.78 is 13.3. The lowest BCUT2D eigenvalue weighted by molar-refractivity contribution is -0.128. The average molecular weight is 291 g/mol. The van der Waals surface area contributed by atoms with Crippen LogP contribution in [0, 0.1) is 17.7 Å². The maximum Gasteiger partial charge on any atom is 0.253 e. The van der Waals surface area contributed by atoms with Crippen LogP contribution in [-0.2, 0) is 4.79 Å². The van der Waals surface area contributed by atoms with Gasteiger partial charge in [0.15, 0.2) is 0 Å². The summed E-state index contributed by atoms with van der Waals surface area (Å²) in [6.45, 7) is 2.36. The SMILES string of the molecule is CCN(C)C(=O)CNC(=O)c1cc(F)ccc1C#CCN. The van der Waals surface area contributed by atoms with E-state index in [1.807, 2.05) is 6.92 Å². The number of likely N-dealkylation sites (N-methyl/N-ethyl adjacent to an activating group) is 1. The van der Waals surface area contributed by atoms with Gasteiger partial charge in [0.1, 0.15) is 5.82 Å². The fourth-order valence-electron chi connectivity index (χ4n) is 1.52. The third-order valence-electron chi connectivity index (χ3n) is 2.85. The van der Waals surface area contributed by atoms with E-state index in [4.69, 9.17) is 5.73 Å². The molecule has 0 aromatic heterocycles. The molecular weight excluding hydrogens is 273 g/mol. The van der Waals surface area contributed by atoms with Gasteiger partial charge < -0.3 is 16.0 Å². The van der Waals surface area contributed by atoms with E-state index in [0.29, 0.717) is 12.1 Å². The van der Waals surface area contributed by atoms with Crippen LogP contribution in [0.1, 0.15) is 22.8 Å². The summed E-state index contributed by atoms with van der Waals surface area (Å²) in [7, 11) is 1.63. The van der Waals surface area contributed by atoms with Crippen LogP contribution in [0.4, 0.5) is 4.39 Å². The number of hydrogen-bond donors (Lipinski definition) is 2. The van der Waals surface area contributed by atoms with Crippen molar-refractivity contribution in [3.8, 4) is 11.8 Å². The summed E-state index contributed by atoms with van der Waals surface area (Å²) in [6.07, 6.45) is 0. The molecule has 3 N–H and O–H groups in total. The number of hydrogen-bond acceptors (Lipinski definition) is 3. The van der Waals surface area contributed by atoms with Crippen LogP contribution in [-0.4, -0.2) is 43.4 Å². The molecule has 0 saturated heterocycles. The molecule has 0 fully saturated rings. The molecule has 0 spiro atoms. The highest BCUT2D eigenvalue weighted by atomic mass is 19.1. The second-order valence-corrected chi connectivity index (χ2v) is 4.29.